The Labute approximate surface area is 66.1 Å². The van der Waals surface area contributed by atoms with Gasteiger partial charge in [0.25, 0.3) is 0 Å². The molecule has 0 aromatic rings. The lowest BCUT2D eigenvalue weighted by molar-refractivity contribution is 0.436. The van der Waals surface area contributed by atoms with Gasteiger partial charge in [0.05, 0.1) is 12.1 Å². The van der Waals surface area contributed by atoms with E-state index in [1.165, 1.54) is 25.7 Å². The van der Waals surface area contributed by atoms with Crippen molar-refractivity contribution in [3.63, 3.8) is 0 Å². The third-order valence-corrected chi connectivity index (χ3v) is 4.66. The van der Waals surface area contributed by atoms with Crippen molar-refractivity contribution in [2.24, 2.45) is 27.5 Å². The van der Waals surface area contributed by atoms with Crippen molar-refractivity contribution in [3.8, 4) is 0 Å². The minimum atomic E-state index is 0.667. The van der Waals surface area contributed by atoms with Crippen LogP contribution in [-0.2, 0) is 0 Å². The van der Waals surface area contributed by atoms with E-state index in [1.54, 1.807) is 0 Å². The van der Waals surface area contributed by atoms with Gasteiger partial charge in [0, 0.05) is 5.41 Å². The second-order valence-electron chi connectivity index (χ2n) is 4.63. The number of nitrogens with zero attached hydrogens (tertiary/aromatic N) is 2. The standard InChI is InChI=1S/C9H12N2/c1-2-6-5(1)9(6)7-3-4-8(9)11-10-7/h5-8H,1-4H2. The van der Waals surface area contributed by atoms with Gasteiger partial charge in [-0.15, -0.1) is 0 Å². The predicted octanol–water partition coefficient (Wildman–Crippen LogP) is 2.01. The minimum Gasteiger partial charge on any atom is -0.190 e. The van der Waals surface area contributed by atoms with Gasteiger partial charge in [-0.3, -0.25) is 0 Å². The molecule has 1 heterocycles. The highest BCUT2D eigenvalue weighted by Gasteiger charge is 2.79. The van der Waals surface area contributed by atoms with Crippen molar-refractivity contribution in [3.05, 3.63) is 0 Å². The van der Waals surface area contributed by atoms with E-state index < -0.39 is 0 Å². The summed E-state index contributed by atoms with van der Waals surface area (Å²) in [6, 6.07) is 1.34. The van der Waals surface area contributed by atoms with Crippen molar-refractivity contribution >= 4 is 0 Å². The number of fused-ring (bicyclic) bond motifs is 1. The summed E-state index contributed by atoms with van der Waals surface area (Å²) in [5.74, 6) is 2.13. The average molecular weight is 148 g/mol. The molecule has 1 spiro atoms. The minimum absolute atomic E-state index is 0.667. The van der Waals surface area contributed by atoms with Gasteiger partial charge in [0.15, 0.2) is 0 Å². The molecule has 4 rings (SSSR count). The highest BCUT2D eigenvalue weighted by Crippen LogP contribution is 2.79. The van der Waals surface area contributed by atoms with E-state index in [9.17, 15) is 0 Å². The summed E-state index contributed by atoms with van der Waals surface area (Å²) in [6.45, 7) is 0. The third-order valence-electron chi connectivity index (χ3n) is 4.66. The van der Waals surface area contributed by atoms with Crippen molar-refractivity contribution in [1.82, 2.24) is 0 Å². The van der Waals surface area contributed by atoms with Crippen LogP contribution in [-0.4, -0.2) is 12.1 Å². The van der Waals surface area contributed by atoms with E-state index in [0.29, 0.717) is 17.5 Å². The maximum absolute atomic E-state index is 4.39. The Morgan fingerprint density at radius 2 is 1.36 bits per heavy atom. The van der Waals surface area contributed by atoms with Crippen LogP contribution in [0.4, 0.5) is 0 Å². The van der Waals surface area contributed by atoms with Gasteiger partial charge in [-0.25, -0.2) is 0 Å². The van der Waals surface area contributed by atoms with Gasteiger partial charge in [-0.05, 0) is 37.5 Å². The van der Waals surface area contributed by atoms with Crippen LogP contribution in [0, 0.1) is 17.3 Å². The van der Waals surface area contributed by atoms with E-state index in [4.69, 9.17) is 0 Å². The molecule has 3 saturated carbocycles. The number of hydrogen-bond acceptors (Lipinski definition) is 2. The van der Waals surface area contributed by atoms with Gasteiger partial charge in [0.2, 0.25) is 0 Å². The second-order valence-corrected chi connectivity index (χ2v) is 4.63. The fourth-order valence-corrected chi connectivity index (χ4v) is 4.09. The normalized spacial score (nSPS) is 68.4. The first-order valence-corrected chi connectivity index (χ1v) is 4.84. The summed E-state index contributed by atoms with van der Waals surface area (Å²) in [7, 11) is 0. The first-order valence-electron chi connectivity index (χ1n) is 4.84. The molecule has 3 aliphatic carbocycles. The highest BCUT2D eigenvalue weighted by atomic mass is 15.3. The van der Waals surface area contributed by atoms with E-state index in [-0.39, 0.29) is 0 Å². The number of azo groups is 1. The largest absolute Gasteiger partial charge is 0.190 e. The molecular formula is C9H12N2. The summed E-state index contributed by atoms with van der Waals surface area (Å²) in [4.78, 5) is 0. The molecule has 58 valence electrons. The molecule has 0 N–H and O–H groups in total. The lowest BCUT2D eigenvalue weighted by Crippen LogP contribution is -2.18. The van der Waals surface area contributed by atoms with Crippen LogP contribution in [0.1, 0.15) is 25.7 Å². The Kier molecular flexibility index (Phi) is 0.612. The van der Waals surface area contributed by atoms with Crippen LogP contribution in [0.2, 0.25) is 0 Å². The second kappa shape index (κ2) is 1.27. The monoisotopic (exact) mass is 148 g/mol. The van der Waals surface area contributed by atoms with E-state index in [2.05, 4.69) is 10.2 Å². The fraction of sp³-hybridized carbons (Fsp3) is 1.00. The summed E-state index contributed by atoms with van der Waals surface area (Å²) >= 11 is 0. The Bertz CT molecular complexity index is 232. The SMILES string of the molecule is C1CC2N=NC1C21C2CCC21. The molecular weight excluding hydrogens is 136 g/mol. The smallest absolute Gasteiger partial charge is 0.0792 e. The fourth-order valence-electron chi connectivity index (χ4n) is 4.09. The van der Waals surface area contributed by atoms with E-state index >= 15 is 0 Å². The molecule has 11 heavy (non-hydrogen) atoms. The van der Waals surface area contributed by atoms with E-state index in [1.807, 2.05) is 0 Å². The molecule has 4 atom stereocenters. The Morgan fingerprint density at radius 3 is 1.73 bits per heavy atom. The van der Waals surface area contributed by atoms with Crippen molar-refractivity contribution < 1.29 is 0 Å². The quantitative estimate of drug-likeness (QED) is 0.502. The zero-order valence-corrected chi connectivity index (χ0v) is 6.53. The number of rotatable bonds is 0. The molecule has 2 bridgehead atoms. The van der Waals surface area contributed by atoms with Crippen LogP contribution in [0.15, 0.2) is 10.2 Å². The predicted molar refractivity (Wildman–Crippen MR) is 40.3 cm³/mol. The Hall–Kier alpha value is -0.400. The van der Waals surface area contributed by atoms with Crippen LogP contribution < -0.4 is 0 Å². The van der Waals surface area contributed by atoms with Gasteiger partial charge in [-0.2, -0.15) is 10.2 Å². The molecule has 4 aliphatic rings. The van der Waals surface area contributed by atoms with Crippen molar-refractivity contribution in [2.75, 3.05) is 0 Å². The third kappa shape index (κ3) is 0.336. The van der Waals surface area contributed by atoms with Gasteiger partial charge in [0.1, 0.15) is 0 Å². The molecule has 3 fully saturated rings. The Morgan fingerprint density at radius 1 is 0.818 bits per heavy atom. The topological polar surface area (TPSA) is 24.7 Å². The maximum atomic E-state index is 4.39. The molecule has 4 unspecified atom stereocenters. The molecule has 0 aromatic heterocycles. The van der Waals surface area contributed by atoms with Crippen LogP contribution in [0.25, 0.3) is 0 Å². The first-order chi connectivity index (χ1) is 5.44. The number of hydrogen-bond donors (Lipinski definition) is 0. The zero-order chi connectivity index (χ0) is 7.05. The average Bonchev–Trinajstić information content (AvgIpc) is 2.30. The van der Waals surface area contributed by atoms with Gasteiger partial charge in [-0.1, -0.05) is 0 Å². The molecule has 2 nitrogen and oxygen atoms in total. The van der Waals surface area contributed by atoms with E-state index in [0.717, 1.165) is 11.8 Å². The molecule has 0 amide bonds. The molecule has 0 aromatic carbocycles. The molecule has 2 heteroatoms. The highest BCUT2D eigenvalue weighted by molar-refractivity contribution is 5.29. The van der Waals surface area contributed by atoms with Gasteiger partial charge >= 0.3 is 0 Å². The van der Waals surface area contributed by atoms with Crippen molar-refractivity contribution in [1.29, 1.82) is 0 Å². The van der Waals surface area contributed by atoms with Crippen LogP contribution in [0.5, 0.6) is 0 Å². The summed E-state index contributed by atoms with van der Waals surface area (Å²) in [5, 5.41) is 8.77. The lowest BCUT2D eigenvalue weighted by Gasteiger charge is -2.08. The maximum Gasteiger partial charge on any atom is 0.0792 e. The Balaban J connectivity index is 1.86. The summed E-state index contributed by atoms with van der Waals surface area (Å²) in [6.07, 6.45) is 5.67. The summed E-state index contributed by atoms with van der Waals surface area (Å²) < 4.78 is 0. The zero-order valence-electron chi connectivity index (χ0n) is 6.53. The molecule has 0 radical (unpaired) electrons. The van der Waals surface area contributed by atoms with Gasteiger partial charge < -0.3 is 0 Å². The molecule has 1 aliphatic heterocycles. The lowest BCUT2D eigenvalue weighted by atomic mass is 9.96. The first kappa shape index (κ1) is 5.28. The van der Waals surface area contributed by atoms with Crippen LogP contribution >= 0.6 is 0 Å². The summed E-state index contributed by atoms with van der Waals surface area (Å²) in [5.41, 5.74) is 0.667. The molecule has 0 saturated heterocycles. The van der Waals surface area contributed by atoms with Crippen molar-refractivity contribution in [2.45, 2.75) is 37.8 Å². The van der Waals surface area contributed by atoms with Crippen LogP contribution in [0.3, 0.4) is 0 Å².